The smallest absolute Gasteiger partial charge is 0.331 e. The van der Waals surface area contributed by atoms with Crippen LogP contribution >= 0.6 is 0 Å². The second-order valence-corrected chi connectivity index (χ2v) is 9.26. The summed E-state index contributed by atoms with van der Waals surface area (Å²) >= 11 is 0. The molecule has 3 heterocycles. The zero-order chi connectivity index (χ0) is 22.0. The number of rotatable bonds is 1. The first-order valence-electron chi connectivity index (χ1n) is 9.89. The van der Waals surface area contributed by atoms with Crippen molar-refractivity contribution in [3.63, 3.8) is 0 Å². The zero-order valence-corrected chi connectivity index (χ0v) is 17.5. The minimum absolute atomic E-state index is 0.00352. The average molecular weight is 415 g/mol. The molecule has 10 heteroatoms. The van der Waals surface area contributed by atoms with Crippen LogP contribution in [0.15, 0.2) is 18.2 Å². The Labute approximate surface area is 173 Å². The highest BCUT2D eigenvalue weighted by Gasteiger charge is 2.64. The number of barbiturate groups is 1. The second kappa shape index (κ2) is 6.49. The standard InChI is InChI=1S/C20H25N5O5/c1-19(2,3)24-17(27)20(16(26)21-18(24)28)10-12-9-13(25(29)30)5-6-14(12)23-8-7-22(4)11-15(20)23/h5-6,9,15H,7-8,10-11H2,1-4H3,(H,21,26,28)/t15-,20+/m1/s1. The molecule has 30 heavy (non-hydrogen) atoms. The Morgan fingerprint density at radius 3 is 2.53 bits per heavy atom. The van der Waals surface area contributed by atoms with Gasteiger partial charge in [0.05, 0.1) is 11.0 Å². The molecule has 0 radical (unpaired) electrons. The third-order valence-electron chi connectivity index (χ3n) is 6.29. The van der Waals surface area contributed by atoms with Gasteiger partial charge >= 0.3 is 6.03 Å². The van der Waals surface area contributed by atoms with Crippen LogP contribution in [0.4, 0.5) is 16.2 Å². The maximum atomic E-state index is 13.8. The van der Waals surface area contributed by atoms with Crippen molar-refractivity contribution in [2.75, 3.05) is 31.6 Å². The van der Waals surface area contributed by atoms with Crippen molar-refractivity contribution in [2.24, 2.45) is 5.41 Å². The monoisotopic (exact) mass is 415 g/mol. The first kappa shape index (κ1) is 20.3. The zero-order valence-electron chi connectivity index (χ0n) is 17.5. The van der Waals surface area contributed by atoms with Gasteiger partial charge in [0.1, 0.15) is 0 Å². The number of nitrogens with one attached hydrogen (secondary N) is 1. The number of hydrogen-bond acceptors (Lipinski definition) is 7. The summed E-state index contributed by atoms with van der Waals surface area (Å²) in [5.74, 6) is -1.19. The fraction of sp³-hybridized carbons (Fsp3) is 0.550. The van der Waals surface area contributed by atoms with Crippen molar-refractivity contribution < 1.29 is 19.3 Å². The minimum atomic E-state index is -1.54. The van der Waals surface area contributed by atoms with Crippen LogP contribution in [0.5, 0.6) is 0 Å². The summed E-state index contributed by atoms with van der Waals surface area (Å²) < 4.78 is 0. The molecule has 1 N–H and O–H groups in total. The van der Waals surface area contributed by atoms with Crippen molar-refractivity contribution in [1.29, 1.82) is 0 Å². The lowest BCUT2D eigenvalue weighted by atomic mass is 9.67. The number of non-ortho nitro benzene ring substituents is 1. The highest BCUT2D eigenvalue weighted by Crippen LogP contribution is 2.47. The van der Waals surface area contributed by atoms with Crippen LogP contribution in [0.25, 0.3) is 0 Å². The summed E-state index contributed by atoms with van der Waals surface area (Å²) in [6, 6.07) is 3.35. The molecule has 0 aromatic heterocycles. The summed E-state index contributed by atoms with van der Waals surface area (Å²) in [5, 5.41) is 13.7. The number of piperazine rings is 1. The molecular weight excluding hydrogens is 390 g/mol. The second-order valence-electron chi connectivity index (χ2n) is 9.26. The molecule has 3 aliphatic rings. The van der Waals surface area contributed by atoms with Gasteiger partial charge < -0.3 is 9.80 Å². The van der Waals surface area contributed by atoms with Crippen LogP contribution in [0.1, 0.15) is 26.3 Å². The molecule has 4 amide bonds. The van der Waals surface area contributed by atoms with E-state index in [1.54, 1.807) is 26.8 Å². The van der Waals surface area contributed by atoms with Gasteiger partial charge in [-0.05, 0) is 39.4 Å². The number of benzene rings is 1. The van der Waals surface area contributed by atoms with E-state index < -0.39 is 39.8 Å². The van der Waals surface area contributed by atoms with Crippen molar-refractivity contribution >= 4 is 29.2 Å². The molecule has 1 aromatic rings. The van der Waals surface area contributed by atoms with E-state index in [1.807, 2.05) is 11.9 Å². The summed E-state index contributed by atoms with van der Waals surface area (Å²) in [6.45, 7) is 6.96. The number of anilines is 1. The Morgan fingerprint density at radius 1 is 1.20 bits per heavy atom. The molecule has 1 spiro atoms. The number of urea groups is 1. The van der Waals surface area contributed by atoms with E-state index in [9.17, 15) is 24.5 Å². The Kier molecular flexibility index (Phi) is 4.39. The van der Waals surface area contributed by atoms with E-state index in [1.165, 1.54) is 12.1 Å². The third-order valence-corrected chi connectivity index (χ3v) is 6.29. The first-order chi connectivity index (χ1) is 14.0. The molecular formula is C20H25N5O5. The molecule has 3 aliphatic heterocycles. The van der Waals surface area contributed by atoms with Gasteiger partial charge in [0.15, 0.2) is 5.41 Å². The minimum Gasteiger partial charge on any atom is -0.364 e. The van der Waals surface area contributed by atoms with Gasteiger partial charge in [-0.1, -0.05) is 0 Å². The molecule has 0 unspecified atom stereocenters. The molecule has 0 bridgehead atoms. The molecule has 2 atom stereocenters. The summed E-state index contributed by atoms with van der Waals surface area (Å²) in [4.78, 5) is 55.7. The van der Waals surface area contributed by atoms with Gasteiger partial charge in [-0.3, -0.25) is 29.9 Å². The van der Waals surface area contributed by atoms with Crippen molar-refractivity contribution in [2.45, 2.75) is 38.8 Å². The van der Waals surface area contributed by atoms with Crippen LogP contribution in [-0.2, 0) is 16.0 Å². The Bertz CT molecular complexity index is 971. The normalized spacial score (nSPS) is 27.1. The number of carbonyl (C=O) groups is 3. The molecule has 2 fully saturated rings. The SMILES string of the molecule is CN1CCN2c3ccc([N+](=O)[O-])cc3C[C@@]3(C(=O)NC(=O)N(C(C)(C)C)C3=O)[C@H]2C1. The lowest BCUT2D eigenvalue weighted by molar-refractivity contribution is -0.384. The number of nitro benzene ring substituents is 1. The van der Waals surface area contributed by atoms with Gasteiger partial charge in [-0.15, -0.1) is 0 Å². The van der Waals surface area contributed by atoms with Crippen molar-refractivity contribution in [3.8, 4) is 0 Å². The van der Waals surface area contributed by atoms with E-state index in [-0.39, 0.29) is 12.1 Å². The number of fused-ring (bicyclic) bond motifs is 4. The maximum absolute atomic E-state index is 13.8. The molecule has 0 saturated carbocycles. The summed E-state index contributed by atoms with van der Waals surface area (Å²) in [7, 11) is 1.92. The van der Waals surface area contributed by atoms with Gasteiger partial charge in [0.25, 0.3) is 5.69 Å². The molecule has 160 valence electrons. The van der Waals surface area contributed by atoms with Crippen LogP contribution in [0.3, 0.4) is 0 Å². The van der Waals surface area contributed by atoms with Crippen molar-refractivity contribution in [3.05, 3.63) is 33.9 Å². The Morgan fingerprint density at radius 2 is 1.90 bits per heavy atom. The number of nitrogens with zero attached hydrogens (tertiary/aromatic N) is 4. The van der Waals surface area contributed by atoms with Crippen molar-refractivity contribution in [1.82, 2.24) is 15.1 Å². The predicted octanol–water partition coefficient (Wildman–Crippen LogP) is 1.13. The highest BCUT2D eigenvalue weighted by atomic mass is 16.6. The largest absolute Gasteiger partial charge is 0.364 e. The van der Waals surface area contributed by atoms with E-state index >= 15 is 0 Å². The predicted molar refractivity (Wildman–Crippen MR) is 108 cm³/mol. The van der Waals surface area contributed by atoms with Gasteiger partial charge in [-0.2, -0.15) is 0 Å². The number of hydrogen-bond donors (Lipinski definition) is 1. The molecule has 0 aliphatic carbocycles. The molecule has 1 aromatic carbocycles. The molecule has 4 rings (SSSR count). The van der Waals surface area contributed by atoms with E-state index in [0.717, 1.165) is 17.1 Å². The topological polar surface area (TPSA) is 116 Å². The summed E-state index contributed by atoms with van der Waals surface area (Å²) in [5.41, 5.74) is -1.11. The number of amides is 4. The van der Waals surface area contributed by atoms with Crippen LogP contribution in [0, 0.1) is 15.5 Å². The number of nitro groups is 1. The Hall–Kier alpha value is -3.01. The fourth-order valence-electron chi connectivity index (χ4n) is 4.87. The molecule has 10 nitrogen and oxygen atoms in total. The van der Waals surface area contributed by atoms with E-state index in [4.69, 9.17) is 0 Å². The van der Waals surface area contributed by atoms with Gasteiger partial charge in [0.2, 0.25) is 11.8 Å². The average Bonchev–Trinajstić information content (AvgIpc) is 2.64. The lowest BCUT2D eigenvalue weighted by Crippen LogP contribution is -2.76. The van der Waals surface area contributed by atoms with Crippen LogP contribution in [0.2, 0.25) is 0 Å². The molecule has 2 saturated heterocycles. The first-order valence-corrected chi connectivity index (χ1v) is 9.89. The maximum Gasteiger partial charge on any atom is 0.331 e. The van der Waals surface area contributed by atoms with Crippen LogP contribution < -0.4 is 10.2 Å². The number of likely N-dealkylation sites (N-methyl/N-ethyl adjacent to an activating group) is 1. The number of carbonyl (C=O) groups excluding carboxylic acids is 3. The van der Waals surface area contributed by atoms with E-state index in [2.05, 4.69) is 10.2 Å². The van der Waals surface area contributed by atoms with E-state index in [0.29, 0.717) is 18.7 Å². The fourth-order valence-corrected chi connectivity index (χ4v) is 4.87. The number of imide groups is 2. The quantitative estimate of drug-likeness (QED) is 0.415. The third kappa shape index (κ3) is 2.78. The highest BCUT2D eigenvalue weighted by molar-refractivity contribution is 6.20. The summed E-state index contributed by atoms with van der Waals surface area (Å²) in [6.07, 6.45) is 0.00352. The van der Waals surface area contributed by atoms with Crippen LogP contribution in [-0.4, -0.2) is 70.8 Å². The van der Waals surface area contributed by atoms with Gasteiger partial charge in [0, 0.05) is 49.4 Å². The van der Waals surface area contributed by atoms with Gasteiger partial charge in [-0.25, -0.2) is 4.79 Å². The lowest BCUT2D eigenvalue weighted by Gasteiger charge is -2.56. The Balaban J connectivity index is 1.91.